The van der Waals surface area contributed by atoms with Crippen LogP contribution in [-0.4, -0.2) is 19.8 Å². The van der Waals surface area contributed by atoms with E-state index in [4.69, 9.17) is 5.26 Å². The molecule has 0 bridgehead atoms. The molecule has 1 aromatic rings. The number of anilines is 1. The maximum Gasteiger partial charge on any atom is 0.416 e. The Morgan fingerprint density at radius 1 is 1.11 bits per heavy atom. The lowest BCUT2D eigenvalue weighted by molar-refractivity contribution is -0.137. The first-order chi connectivity index (χ1) is 8.50. The molecule has 0 amide bonds. The number of rotatable bonds is 1. The topological polar surface area (TPSA) is 27.0 Å². The lowest BCUT2D eigenvalue weighted by Crippen LogP contribution is -2.36. The second-order valence-electron chi connectivity index (χ2n) is 4.44. The molecule has 0 unspecified atom stereocenters. The highest BCUT2D eigenvalue weighted by Crippen LogP contribution is 2.31. The van der Waals surface area contributed by atoms with Crippen molar-refractivity contribution in [3.8, 4) is 5.97 Å². The SMILES string of the molecule is N#CB1CCN(c2ccc(C(F)(F)F)cc2)CC1. The highest BCUT2D eigenvalue weighted by molar-refractivity contribution is 6.67. The molecule has 0 radical (unpaired) electrons. The van der Waals surface area contributed by atoms with E-state index < -0.39 is 11.7 Å². The van der Waals surface area contributed by atoms with E-state index in [0.717, 1.165) is 43.5 Å². The predicted octanol–water partition coefficient (Wildman–Crippen LogP) is 3.08. The van der Waals surface area contributed by atoms with Gasteiger partial charge in [0, 0.05) is 24.7 Å². The third-order valence-corrected chi connectivity index (χ3v) is 3.24. The van der Waals surface area contributed by atoms with Crippen LogP contribution in [0, 0.1) is 11.2 Å². The fourth-order valence-corrected chi connectivity index (χ4v) is 2.13. The maximum absolute atomic E-state index is 12.4. The summed E-state index contributed by atoms with van der Waals surface area (Å²) < 4.78 is 37.2. The van der Waals surface area contributed by atoms with Crippen LogP contribution in [0.3, 0.4) is 0 Å². The molecule has 94 valence electrons. The molecule has 1 heterocycles. The molecular formula is C12H12BF3N2. The molecule has 1 fully saturated rings. The summed E-state index contributed by atoms with van der Waals surface area (Å²) in [5.41, 5.74) is 0.164. The molecule has 1 aliphatic heterocycles. The first-order valence-corrected chi connectivity index (χ1v) is 5.82. The molecule has 0 saturated carbocycles. The maximum atomic E-state index is 12.4. The minimum atomic E-state index is -4.29. The van der Waals surface area contributed by atoms with E-state index in [-0.39, 0.29) is 6.71 Å². The molecule has 2 rings (SSSR count). The summed E-state index contributed by atoms with van der Waals surface area (Å²) in [5.74, 6) is 2.23. The van der Waals surface area contributed by atoms with E-state index in [1.165, 1.54) is 12.1 Å². The number of alkyl halides is 3. The van der Waals surface area contributed by atoms with Crippen LogP contribution in [-0.2, 0) is 6.18 Å². The Balaban J connectivity index is 2.05. The molecule has 0 N–H and O–H groups in total. The van der Waals surface area contributed by atoms with E-state index in [1.807, 2.05) is 4.90 Å². The van der Waals surface area contributed by atoms with Crippen LogP contribution in [0.25, 0.3) is 0 Å². The zero-order valence-corrected chi connectivity index (χ0v) is 9.74. The van der Waals surface area contributed by atoms with Crippen LogP contribution in [0.2, 0.25) is 12.6 Å². The molecule has 0 atom stereocenters. The summed E-state index contributed by atoms with van der Waals surface area (Å²) >= 11 is 0. The number of nitriles is 1. The first kappa shape index (κ1) is 12.8. The van der Waals surface area contributed by atoms with Crippen molar-refractivity contribution in [3.63, 3.8) is 0 Å². The monoisotopic (exact) mass is 252 g/mol. The number of halogens is 3. The van der Waals surface area contributed by atoms with E-state index >= 15 is 0 Å². The van der Waals surface area contributed by atoms with Gasteiger partial charge in [-0.1, -0.05) is 0 Å². The molecular weight excluding hydrogens is 240 g/mol. The van der Waals surface area contributed by atoms with E-state index in [9.17, 15) is 13.2 Å². The van der Waals surface area contributed by atoms with Gasteiger partial charge in [-0.15, -0.1) is 0 Å². The van der Waals surface area contributed by atoms with Crippen molar-refractivity contribution >= 4 is 12.4 Å². The third kappa shape index (κ3) is 2.78. The third-order valence-electron chi connectivity index (χ3n) is 3.24. The molecule has 0 spiro atoms. The summed E-state index contributed by atoms with van der Waals surface area (Å²) in [6.07, 6.45) is -2.73. The van der Waals surface area contributed by atoms with Gasteiger partial charge in [0.25, 0.3) is 6.71 Å². The minimum absolute atomic E-state index is 0.0794. The Bertz CT molecular complexity index is 442. The van der Waals surface area contributed by atoms with Crippen molar-refractivity contribution < 1.29 is 13.2 Å². The van der Waals surface area contributed by atoms with Gasteiger partial charge in [0.1, 0.15) is 0 Å². The van der Waals surface area contributed by atoms with Gasteiger partial charge in [-0.2, -0.15) is 13.2 Å². The first-order valence-electron chi connectivity index (χ1n) is 5.82. The zero-order chi connectivity index (χ0) is 13.2. The summed E-state index contributed by atoms with van der Waals surface area (Å²) in [4.78, 5) is 2.02. The lowest BCUT2D eigenvalue weighted by Gasteiger charge is -2.30. The van der Waals surface area contributed by atoms with E-state index in [1.54, 1.807) is 0 Å². The average Bonchev–Trinajstić information content (AvgIpc) is 2.38. The Kier molecular flexibility index (Phi) is 3.51. The zero-order valence-electron chi connectivity index (χ0n) is 9.74. The largest absolute Gasteiger partial charge is 0.416 e. The van der Waals surface area contributed by atoms with Crippen molar-refractivity contribution in [2.24, 2.45) is 0 Å². The summed E-state index contributed by atoms with van der Waals surface area (Å²) in [6.45, 7) is 1.53. The standard InChI is InChI=1S/C12H12BF3N2/c14-12(15,16)10-1-3-11(4-2-10)18-7-5-13(9-17)6-8-18/h1-4H,5-8H2. The van der Waals surface area contributed by atoms with Gasteiger partial charge < -0.3 is 4.90 Å². The predicted molar refractivity (Wildman–Crippen MR) is 64.6 cm³/mol. The molecule has 2 nitrogen and oxygen atoms in total. The van der Waals surface area contributed by atoms with Crippen LogP contribution >= 0.6 is 0 Å². The molecule has 6 heteroatoms. The van der Waals surface area contributed by atoms with Gasteiger partial charge in [-0.3, -0.25) is 0 Å². The Morgan fingerprint density at radius 2 is 1.67 bits per heavy atom. The van der Waals surface area contributed by atoms with Crippen LogP contribution in [0.4, 0.5) is 18.9 Å². The van der Waals surface area contributed by atoms with Gasteiger partial charge >= 0.3 is 6.18 Å². The van der Waals surface area contributed by atoms with Crippen molar-refractivity contribution in [2.45, 2.75) is 18.8 Å². The van der Waals surface area contributed by atoms with Crippen molar-refractivity contribution in [1.29, 1.82) is 5.26 Å². The fraction of sp³-hybridized carbons (Fsp3) is 0.417. The fourth-order valence-electron chi connectivity index (χ4n) is 2.13. The Morgan fingerprint density at radius 3 is 2.11 bits per heavy atom. The minimum Gasteiger partial charge on any atom is -0.373 e. The highest BCUT2D eigenvalue weighted by Gasteiger charge is 2.30. The molecule has 1 aliphatic rings. The van der Waals surface area contributed by atoms with Gasteiger partial charge in [-0.05, 0) is 36.9 Å². The van der Waals surface area contributed by atoms with Crippen molar-refractivity contribution in [1.82, 2.24) is 0 Å². The molecule has 1 aromatic carbocycles. The van der Waals surface area contributed by atoms with Gasteiger partial charge in [-0.25, -0.2) is 5.26 Å². The van der Waals surface area contributed by atoms with E-state index in [0.29, 0.717) is 0 Å². The van der Waals surface area contributed by atoms with Crippen LogP contribution < -0.4 is 4.90 Å². The van der Waals surface area contributed by atoms with Crippen molar-refractivity contribution in [3.05, 3.63) is 29.8 Å². The number of benzene rings is 1. The number of hydrogen-bond acceptors (Lipinski definition) is 2. The Labute approximate surface area is 104 Å². The molecule has 0 aliphatic carbocycles. The van der Waals surface area contributed by atoms with Crippen LogP contribution in [0.15, 0.2) is 24.3 Å². The summed E-state index contributed by atoms with van der Waals surface area (Å²) in [5, 5.41) is 8.78. The molecule has 1 saturated heterocycles. The van der Waals surface area contributed by atoms with E-state index in [2.05, 4.69) is 5.97 Å². The number of nitrogens with zero attached hydrogens (tertiary/aromatic N) is 2. The van der Waals surface area contributed by atoms with Crippen molar-refractivity contribution in [2.75, 3.05) is 18.0 Å². The molecule has 0 aromatic heterocycles. The normalized spacial score (nSPS) is 16.6. The second-order valence-corrected chi connectivity index (χ2v) is 4.44. The lowest BCUT2D eigenvalue weighted by atomic mass is 9.45. The quantitative estimate of drug-likeness (QED) is 0.718. The van der Waals surface area contributed by atoms with Gasteiger partial charge in [0.15, 0.2) is 0 Å². The average molecular weight is 252 g/mol. The second kappa shape index (κ2) is 4.93. The summed E-state index contributed by atoms with van der Waals surface area (Å²) in [7, 11) is 0. The van der Waals surface area contributed by atoms with Crippen LogP contribution in [0.1, 0.15) is 5.56 Å². The van der Waals surface area contributed by atoms with Gasteiger partial charge in [0.2, 0.25) is 0 Å². The molecule has 18 heavy (non-hydrogen) atoms. The smallest absolute Gasteiger partial charge is 0.373 e. The number of hydrogen-bond donors (Lipinski definition) is 0. The van der Waals surface area contributed by atoms with Gasteiger partial charge in [0.05, 0.1) is 5.56 Å². The Hall–Kier alpha value is -1.64. The van der Waals surface area contributed by atoms with Crippen LogP contribution in [0.5, 0.6) is 0 Å². The summed E-state index contributed by atoms with van der Waals surface area (Å²) in [6, 6.07) is 5.20. The highest BCUT2D eigenvalue weighted by atomic mass is 19.4.